The first-order chi connectivity index (χ1) is 9.47. The highest BCUT2D eigenvalue weighted by Crippen LogP contribution is 2.27. The van der Waals surface area contributed by atoms with Crippen LogP contribution >= 0.6 is 0 Å². The van der Waals surface area contributed by atoms with Crippen LogP contribution in [0.4, 0.5) is 0 Å². The number of aliphatic hydroxyl groups is 1. The van der Waals surface area contributed by atoms with Crippen LogP contribution in [0.5, 0.6) is 5.75 Å². The molecule has 5 nitrogen and oxygen atoms in total. The summed E-state index contributed by atoms with van der Waals surface area (Å²) in [6, 6.07) is 5.69. The maximum absolute atomic E-state index is 9.77. The third kappa shape index (κ3) is 3.36. The van der Waals surface area contributed by atoms with Crippen LogP contribution < -0.4 is 4.74 Å². The van der Waals surface area contributed by atoms with E-state index in [1.54, 1.807) is 6.92 Å². The summed E-state index contributed by atoms with van der Waals surface area (Å²) in [6.45, 7) is 7.89. The maximum atomic E-state index is 9.77. The van der Waals surface area contributed by atoms with Crippen molar-refractivity contribution in [2.75, 3.05) is 0 Å². The lowest BCUT2D eigenvalue weighted by Gasteiger charge is -2.13. The molecule has 1 aromatic carbocycles. The lowest BCUT2D eigenvalue weighted by atomic mass is 10.1. The van der Waals surface area contributed by atoms with E-state index in [1.165, 1.54) is 0 Å². The number of aryl methyl sites for hydroxylation is 1. The first kappa shape index (κ1) is 14.5. The number of hydrogen-bond donors (Lipinski definition) is 1. The molecular weight excluding hydrogens is 256 g/mol. The van der Waals surface area contributed by atoms with Gasteiger partial charge in [-0.1, -0.05) is 30.6 Å². The molecule has 1 heterocycles. The monoisotopic (exact) mass is 276 g/mol. The van der Waals surface area contributed by atoms with E-state index in [2.05, 4.69) is 10.1 Å². The second-order valence-electron chi connectivity index (χ2n) is 5.21. The summed E-state index contributed by atoms with van der Waals surface area (Å²) in [7, 11) is 0. The molecule has 5 heteroatoms. The van der Waals surface area contributed by atoms with Crippen molar-refractivity contribution in [2.24, 2.45) is 0 Å². The SMILES string of the molecule is Cc1ccc(OCc2nc(C(C)C)no2)c([C@@H](C)O)c1. The molecule has 0 radical (unpaired) electrons. The third-order valence-electron chi connectivity index (χ3n) is 2.97. The minimum Gasteiger partial charge on any atom is -0.483 e. The molecule has 108 valence electrons. The summed E-state index contributed by atoms with van der Waals surface area (Å²) in [6.07, 6.45) is -0.584. The number of rotatable bonds is 5. The fourth-order valence-electron chi connectivity index (χ4n) is 1.83. The van der Waals surface area contributed by atoms with E-state index in [-0.39, 0.29) is 12.5 Å². The van der Waals surface area contributed by atoms with Crippen molar-refractivity contribution in [3.05, 3.63) is 41.0 Å². The zero-order valence-electron chi connectivity index (χ0n) is 12.3. The molecule has 0 spiro atoms. The summed E-state index contributed by atoms with van der Waals surface area (Å²) in [4.78, 5) is 4.25. The molecule has 20 heavy (non-hydrogen) atoms. The summed E-state index contributed by atoms with van der Waals surface area (Å²) < 4.78 is 10.8. The van der Waals surface area contributed by atoms with Crippen molar-refractivity contribution >= 4 is 0 Å². The van der Waals surface area contributed by atoms with Gasteiger partial charge in [0.1, 0.15) is 5.75 Å². The molecule has 0 unspecified atom stereocenters. The molecule has 0 aliphatic rings. The van der Waals surface area contributed by atoms with Crippen molar-refractivity contribution in [3.8, 4) is 5.75 Å². The minimum absolute atomic E-state index is 0.197. The molecule has 0 bridgehead atoms. The van der Waals surface area contributed by atoms with Crippen molar-refractivity contribution in [3.63, 3.8) is 0 Å². The van der Waals surface area contributed by atoms with Gasteiger partial charge in [0, 0.05) is 11.5 Å². The molecule has 2 aromatic rings. The number of benzene rings is 1. The van der Waals surface area contributed by atoms with E-state index in [9.17, 15) is 5.11 Å². The molecule has 0 saturated carbocycles. The second-order valence-corrected chi connectivity index (χ2v) is 5.21. The van der Waals surface area contributed by atoms with Crippen molar-refractivity contribution in [2.45, 2.75) is 46.3 Å². The van der Waals surface area contributed by atoms with Gasteiger partial charge in [-0.3, -0.25) is 0 Å². The molecule has 0 saturated heterocycles. The van der Waals surface area contributed by atoms with Gasteiger partial charge in [-0.15, -0.1) is 0 Å². The van der Waals surface area contributed by atoms with Crippen molar-refractivity contribution in [1.82, 2.24) is 10.1 Å². The summed E-state index contributed by atoms with van der Waals surface area (Å²) in [5, 5.41) is 13.7. The molecule has 2 rings (SSSR count). The van der Waals surface area contributed by atoms with Crippen LogP contribution in [0.3, 0.4) is 0 Å². The quantitative estimate of drug-likeness (QED) is 0.908. The van der Waals surface area contributed by atoms with E-state index >= 15 is 0 Å². The van der Waals surface area contributed by atoms with E-state index in [0.717, 1.165) is 11.1 Å². The number of hydrogen-bond acceptors (Lipinski definition) is 5. The van der Waals surface area contributed by atoms with Crippen molar-refractivity contribution < 1.29 is 14.4 Å². The van der Waals surface area contributed by atoms with Gasteiger partial charge in [0.05, 0.1) is 6.10 Å². The van der Waals surface area contributed by atoms with Gasteiger partial charge in [-0.05, 0) is 26.0 Å². The first-order valence-electron chi connectivity index (χ1n) is 6.71. The normalized spacial score (nSPS) is 12.7. The van der Waals surface area contributed by atoms with Gasteiger partial charge in [0.2, 0.25) is 0 Å². The van der Waals surface area contributed by atoms with Gasteiger partial charge in [0.25, 0.3) is 5.89 Å². The first-order valence-corrected chi connectivity index (χ1v) is 6.71. The van der Waals surface area contributed by atoms with Crippen molar-refractivity contribution in [1.29, 1.82) is 0 Å². The van der Waals surface area contributed by atoms with Crippen LogP contribution in [0, 0.1) is 6.92 Å². The van der Waals surface area contributed by atoms with Gasteiger partial charge >= 0.3 is 0 Å². The third-order valence-corrected chi connectivity index (χ3v) is 2.97. The van der Waals surface area contributed by atoms with Gasteiger partial charge in [-0.2, -0.15) is 4.98 Å². The number of nitrogens with zero attached hydrogens (tertiary/aromatic N) is 2. The Labute approximate surface area is 118 Å². The molecule has 0 fully saturated rings. The van der Waals surface area contributed by atoms with Crippen LogP contribution in [0.15, 0.2) is 22.7 Å². The molecule has 0 aliphatic heterocycles. The Balaban J connectivity index is 2.10. The highest BCUT2D eigenvalue weighted by molar-refractivity contribution is 5.38. The highest BCUT2D eigenvalue weighted by Gasteiger charge is 2.13. The van der Waals surface area contributed by atoms with E-state index in [4.69, 9.17) is 9.26 Å². The molecule has 0 amide bonds. The maximum Gasteiger partial charge on any atom is 0.264 e. The summed E-state index contributed by atoms with van der Waals surface area (Å²) >= 11 is 0. The zero-order valence-corrected chi connectivity index (χ0v) is 12.3. The molecular formula is C15H20N2O3. The molecule has 1 atom stereocenters. The standard InChI is InChI=1S/C15H20N2O3/c1-9(2)15-16-14(20-17-15)8-19-13-6-5-10(3)7-12(13)11(4)18/h5-7,9,11,18H,8H2,1-4H3/t11-/m1/s1. The predicted octanol–water partition coefficient (Wildman–Crippen LogP) is 3.13. The van der Waals surface area contributed by atoms with Gasteiger partial charge in [-0.25, -0.2) is 0 Å². The largest absolute Gasteiger partial charge is 0.483 e. The lowest BCUT2D eigenvalue weighted by Crippen LogP contribution is -2.02. The average Bonchev–Trinajstić information content (AvgIpc) is 2.86. The summed E-state index contributed by atoms with van der Waals surface area (Å²) in [5.74, 6) is 1.96. The van der Waals surface area contributed by atoms with Gasteiger partial charge in [0.15, 0.2) is 12.4 Å². The smallest absolute Gasteiger partial charge is 0.264 e. The highest BCUT2D eigenvalue weighted by atomic mass is 16.5. The van der Waals surface area contributed by atoms with E-state index < -0.39 is 6.10 Å². The fraction of sp³-hybridized carbons (Fsp3) is 0.467. The topological polar surface area (TPSA) is 68.4 Å². The predicted molar refractivity (Wildman–Crippen MR) is 74.5 cm³/mol. The Bertz CT molecular complexity index is 576. The summed E-state index contributed by atoms with van der Waals surface area (Å²) in [5.41, 5.74) is 1.83. The Hall–Kier alpha value is -1.88. The van der Waals surface area contributed by atoms with Crippen LogP contribution in [0.2, 0.25) is 0 Å². The zero-order chi connectivity index (χ0) is 14.7. The number of aromatic nitrogens is 2. The van der Waals surface area contributed by atoms with Crippen LogP contribution in [0.1, 0.15) is 55.6 Å². The average molecular weight is 276 g/mol. The van der Waals surface area contributed by atoms with Crippen LogP contribution in [-0.4, -0.2) is 15.2 Å². The number of aliphatic hydroxyl groups excluding tert-OH is 1. The fourth-order valence-corrected chi connectivity index (χ4v) is 1.83. The Kier molecular flexibility index (Phi) is 4.39. The van der Waals surface area contributed by atoms with E-state index in [0.29, 0.717) is 17.5 Å². The minimum atomic E-state index is -0.584. The Morgan fingerprint density at radius 1 is 1.30 bits per heavy atom. The van der Waals surface area contributed by atoms with Crippen LogP contribution in [-0.2, 0) is 6.61 Å². The lowest BCUT2D eigenvalue weighted by molar-refractivity contribution is 0.185. The Morgan fingerprint density at radius 3 is 2.65 bits per heavy atom. The second kappa shape index (κ2) is 6.05. The number of ether oxygens (including phenoxy) is 1. The van der Waals surface area contributed by atoms with Gasteiger partial charge < -0.3 is 14.4 Å². The van der Waals surface area contributed by atoms with Crippen LogP contribution in [0.25, 0.3) is 0 Å². The molecule has 1 N–H and O–H groups in total. The Morgan fingerprint density at radius 2 is 2.05 bits per heavy atom. The molecule has 0 aliphatic carbocycles. The molecule has 1 aromatic heterocycles. The van der Waals surface area contributed by atoms with E-state index in [1.807, 2.05) is 39.0 Å².